The number of nitrogens with one attached hydrogen (secondary N) is 1. The summed E-state index contributed by atoms with van der Waals surface area (Å²) in [5.74, 6) is 1.33. The summed E-state index contributed by atoms with van der Waals surface area (Å²) in [6.07, 6.45) is 1.08. The molecule has 0 saturated heterocycles. The van der Waals surface area contributed by atoms with Gasteiger partial charge in [-0.15, -0.1) is 0 Å². The van der Waals surface area contributed by atoms with E-state index in [4.69, 9.17) is 32.7 Å². The van der Waals surface area contributed by atoms with Crippen LogP contribution in [-0.4, -0.2) is 13.2 Å². The van der Waals surface area contributed by atoms with E-state index in [0.717, 1.165) is 28.6 Å². The van der Waals surface area contributed by atoms with Crippen molar-refractivity contribution in [3.8, 4) is 11.5 Å². The van der Waals surface area contributed by atoms with Gasteiger partial charge in [0.1, 0.15) is 6.61 Å². The molecule has 0 radical (unpaired) electrons. The van der Waals surface area contributed by atoms with Crippen LogP contribution in [0.3, 0.4) is 0 Å². The van der Waals surface area contributed by atoms with Crippen LogP contribution in [0.4, 0.5) is 0 Å². The Bertz CT molecular complexity index is 725. The first-order chi connectivity index (χ1) is 11.9. The van der Waals surface area contributed by atoms with Crippen molar-refractivity contribution in [3.05, 3.63) is 56.0 Å². The highest BCUT2D eigenvalue weighted by molar-refractivity contribution is 9.10. The molecular formula is C19H22BrCl2NO2. The first-order valence-electron chi connectivity index (χ1n) is 8.11. The van der Waals surface area contributed by atoms with Gasteiger partial charge < -0.3 is 14.8 Å². The molecule has 2 rings (SSSR count). The fraction of sp³-hybridized carbons (Fsp3) is 0.368. The Kier molecular flexibility index (Phi) is 7.88. The molecule has 1 atom stereocenters. The second-order valence-corrected chi connectivity index (χ2v) is 7.52. The van der Waals surface area contributed by atoms with E-state index in [-0.39, 0.29) is 0 Å². The number of rotatable bonds is 8. The summed E-state index contributed by atoms with van der Waals surface area (Å²) in [6.45, 7) is 5.43. The Morgan fingerprint density at radius 3 is 2.60 bits per heavy atom. The molecule has 0 heterocycles. The Balaban J connectivity index is 2.14. The minimum atomic E-state index is 0.329. The number of hydrogen-bond acceptors (Lipinski definition) is 3. The van der Waals surface area contributed by atoms with E-state index in [9.17, 15) is 0 Å². The van der Waals surface area contributed by atoms with E-state index in [0.29, 0.717) is 34.2 Å². The number of halogens is 3. The monoisotopic (exact) mass is 445 g/mol. The molecule has 2 aromatic rings. The van der Waals surface area contributed by atoms with Crippen LogP contribution in [0, 0.1) is 0 Å². The predicted octanol–water partition coefficient (Wildman–Crippen LogP) is 6.23. The van der Waals surface area contributed by atoms with Gasteiger partial charge in [0, 0.05) is 28.2 Å². The molecule has 0 aliphatic rings. The number of hydrogen-bond donors (Lipinski definition) is 1. The Hall–Kier alpha value is -0.940. The van der Waals surface area contributed by atoms with E-state index in [2.05, 4.69) is 35.1 Å². The van der Waals surface area contributed by atoms with Gasteiger partial charge in [0.25, 0.3) is 0 Å². The highest BCUT2D eigenvalue weighted by atomic mass is 79.9. The zero-order chi connectivity index (χ0) is 18.4. The van der Waals surface area contributed by atoms with E-state index in [1.165, 1.54) is 0 Å². The zero-order valence-corrected chi connectivity index (χ0v) is 17.6. The molecule has 136 valence electrons. The molecule has 0 aliphatic heterocycles. The van der Waals surface area contributed by atoms with Gasteiger partial charge in [-0.05, 0) is 59.1 Å². The largest absolute Gasteiger partial charge is 0.493 e. The van der Waals surface area contributed by atoms with Crippen LogP contribution in [0.5, 0.6) is 11.5 Å². The summed E-state index contributed by atoms with van der Waals surface area (Å²) in [7, 11) is 1.63. The van der Waals surface area contributed by atoms with E-state index in [1.807, 2.05) is 18.2 Å². The molecule has 0 aromatic heterocycles. The lowest BCUT2D eigenvalue weighted by molar-refractivity contribution is 0.282. The van der Waals surface area contributed by atoms with Gasteiger partial charge in [-0.2, -0.15) is 0 Å². The van der Waals surface area contributed by atoms with Crippen molar-refractivity contribution in [2.24, 2.45) is 0 Å². The van der Waals surface area contributed by atoms with Gasteiger partial charge in [-0.1, -0.05) is 36.2 Å². The quantitative estimate of drug-likeness (QED) is 0.521. The highest BCUT2D eigenvalue weighted by Gasteiger charge is 2.13. The van der Waals surface area contributed by atoms with Crippen molar-refractivity contribution in [2.75, 3.05) is 7.11 Å². The van der Waals surface area contributed by atoms with Crippen LogP contribution in [0.15, 0.2) is 34.8 Å². The lowest BCUT2D eigenvalue weighted by atomic mass is 10.1. The Morgan fingerprint density at radius 2 is 1.96 bits per heavy atom. The average molecular weight is 447 g/mol. The van der Waals surface area contributed by atoms with Gasteiger partial charge >= 0.3 is 0 Å². The van der Waals surface area contributed by atoms with Gasteiger partial charge in [-0.25, -0.2) is 0 Å². The molecule has 2 aromatic carbocycles. The first kappa shape index (κ1) is 20.4. The molecule has 3 nitrogen and oxygen atoms in total. The van der Waals surface area contributed by atoms with E-state index in [1.54, 1.807) is 19.2 Å². The third-order valence-corrected chi connectivity index (χ3v) is 5.12. The second-order valence-electron chi connectivity index (χ2n) is 5.82. The smallest absolute Gasteiger partial charge is 0.175 e. The van der Waals surface area contributed by atoms with Crippen molar-refractivity contribution in [1.82, 2.24) is 5.32 Å². The van der Waals surface area contributed by atoms with Crippen molar-refractivity contribution in [1.29, 1.82) is 0 Å². The van der Waals surface area contributed by atoms with Crippen LogP contribution >= 0.6 is 39.1 Å². The summed E-state index contributed by atoms with van der Waals surface area (Å²) in [5.41, 5.74) is 1.99. The minimum absolute atomic E-state index is 0.329. The first-order valence-corrected chi connectivity index (χ1v) is 9.66. The number of ether oxygens (including phenoxy) is 2. The van der Waals surface area contributed by atoms with Crippen LogP contribution in [0.25, 0.3) is 0 Å². The van der Waals surface area contributed by atoms with Crippen LogP contribution in [-0.2, 0) is 13.2 Å². The van der Waals surface area contributed by atoms with Gasteiger partial charge in [0.2, 0.25) is 0 Å². The van der Waals surface area contributed by atoms with Crippen molar-refractivity contribution in [2.45, 2.75) is 39.5 Å². The maximum Gasteiger partial charge on any atom is 0.175 e. The average Bonchev–Trinajstić information content (AvgIpc) is 2.59. The summed E-state index contributed by atoms with van der Waals surface area (Å²) >= 11 is 15.7. The molecular weight excluding hydrogens is 425 g/mol. The third-order valence-electron chi connectivity index (χ3n) is 3.94. The standard InChI is InChI=1S/C19H22BrCl2NO2/c1-4-12(2)23-10-13-7-16(20)19(18(8-13)24-3)25-11-14-5-6-15(21)9-17(14)22/h5-9,12,23H,4,10-11H2,1-3H3/t12-/m0/s1. The fourth-order valence-electron chi connectivity index (χ4n) is 2.24. The molecule has 0 unspecified atom stereocenters. The molecule has 0 amide bonds. The molecule has 0 spiro atoms. The van der Waals surface area contributed by atoms with Crippen molar-refractivity contribution < 1.29 is 9.47 Å². The maximum absolute atomic E-state index is 6.20. The third kappa shape index (κ3) is 5.78. The molecule has 0 aliphatic carbocycles. The van der Waals surface area contributed by atoms with Crippen molar-refractivity contribution in [3.63, 3.8) is 0 Å². The lowest BCUT2D eigenvalue weighted by Crippen LogP contribution is -2.24. The lowest BCUT2D eigenvalue weighted by Gasteiger charge is -2.16. The van der Waals surface area contributed by atoms with Gasteiger partial charge in [0.15, 0.2) is 11.5 Å². The topological polar surface area (TPSA) is 30.5 Å². The second kappa shape index (κ2) is 9.67. The minimum Gasteiger partial charge on any atom is -0.493 e. The molecule has 0 bridgehead atoms. The Labute approximate surface area is 167 Å². The highest BCUT2D eigenvalue weighted by Crippen LogP contribution is 2.37. The fourth-order valence-corrected chi connectivity index (χ4v) is 3.31. The summed E-state index contributed by atoms with van der Waals surface area (Å²) in [4.78, 5) is 0. The summed E-state index contributed by atoms with van der Waals surface area (Å²) in [6, 6.07) is 9.85. The van der Waals surface area contributed by atoms with Gasteiger partial charge in [-0.3, -0.25) is 0 Å². The summed E-state index contributed by atoms with van der Waals surface area (Å²) in [5, 5.41) is 4.65. The molecule has 6 heteroatoms. The zero-order valence-electron chi connectivity index (χ0n) is 14.5. The maximum atomic E-state index is 6.20. The summed E-state index contributed by atoms with van der Waals surface area (Å²) < 4.78 is 12.3. The SMILES string of the molecule is CC[C@H](C)NCc1cc(Br)c(OCc2ccc(Cl)cc2Cl)c(OC)c1. The van der Waals surface area contributed by atoms with E-state index >= 15 is 0 Å². The molecule has 25 heavy (non-hydrogen) atoms. The number of benzene rings is 2. The van der Waals surface area contributed by atoms with Crippen molar-refractivity contribution >= 4 is 39.1 Å². The predicted molar refractivity (Wildman–Crippen MR) is 108 cm³/mol. The van der Waals surface area contributed by atoms with Crippen LogP contribution in [0.1, 0.15) is 31.4 Å². The van der Waals surface area contributed by atoms with Crippen LogP contribution < -0.4 is 14.8 Å². The number of methoxy groups -OCH3 is 1. The Morgan fingerprint density at radius 1 is 1.20 bits per heavy atom. The van der Waals surface area contributed by atoms with Crippen LogP contribution in [0.2, 0.25) is 10.0 Å². The van der Waals surface area contributed by atoms with Gasteiger partial charge in [0.05, 0.1) is 11.6 Å². The molecule has 0 saturated carbocycles. The molecule has 1 N–H and O–H groups in total. The van der Waals surface area contributed by atoms with E-state index < -0.39 is 0 Å². The molecule has 0 fully saturated rings. The normalized spacial score (nSPS) is 12.1.